The Morgan fingerprint density at radius 1 is 1.41 bits per heavy atom. The lowest BCUT2D eigenvalue weighted by Crippen LogP contribution is -2.68. The highest BCUT2D eigenvalue weighted by atomic mass is 16.5. The predicted octanol–water partition coefficient (Wildman–Crippen LogP) is 0.960. The summed E-state index contributed by atoms with van der Waals surface area (Å²) in [7, 11) is 0. The molecule has 2 unspecified atom stereocenters. The third kappa shape index (κ3) is 1.94. The zero-order chi connectivity index (χ0) is 15.2. The van der Waals surface area contributed by atoms with Crippen LogP contribution in [0.15, 0.2) is 30.6 Å². The van der Waals surface area contributed by atoms with Gasteiger partial charge in [0, 0.05) is 36.9 Å². The van der Waals surface area contributed by atoms with E-state index < -0.39 is 0 Å². The van der Waals surface area contributed by atoms with E-state index in [1.165, 1.54) is 0 Å². The smallest absolute Gasteiger partial charge is 0.253 e. The number of pyridine rings is 1. The summed E-state index contributed by atoms with van der Waals surface area (Å²) < 4.78 is 7.17. The van der Waals surface area contributed by atoms with Crippen molar-refractivity contribution in [2.45, 2.75) is 31.3 Å². The van der Waals surface area contributed by atoms with Crippen molar-refractivity contribution in [3.63, 3.8) is 0 Å². The van der Waals surface area contributed by atoms with Crippen LogP contribution in [0.3, 0.4) is 0 Å². The number of carbonyl (C=O) groups is 1. The summed E-state index contributed by atoms with van der Waals surface area (Å²) in [6.07, 6.45) is 6.23. The molecule has 1 saturated heterocycles. The van der Waals surface area contributed by atoms with Crippen LogP contribution in [0.25, 0.3) is 5.52 Å². The largest absolute Gasteiger partial charge is 0.381 e. The van der Waals surface area contributed by atoms with Gasteiger partial charge in [0.2, 0.25) is 0 Å². The Balaban J connectivity index is 1.56. The number of nitrogens with one attached hydrogen (secondary N) is 1. The lowest BCUT2D eigenvalue weighted by atomic mass is 9.56. The normalized spacial score (nSPS) is 26.8. The van der Waals surface area contributed by atoms with Crippen LogP contribution in [0.5, 0.6) is 0 Å². The molecule has 116 valence electrons. The van der Waals surface area contributed by atoms with Crippen molar-refractivity contribution >= 4 is 11.4 Å². The second-order valence-corrected chi connectivity index (χ2v) is 6.30. The molecule has 2 aliphatic rings. The minimum absolute atomic E-state index is 0.0131. The van der Waals surface area contributed by atoms with Gasteiger partial charge in [0.1, 0.15) is 0 Å². The van der Waals surface area contributed by atoms with Gasteiger partial charge < -0.3 is 15.8 Å². The number of ether oxygens (including phenoxy) is 1. The van der Waals surface area contributed by atoms with Gasteiger partial charge in [-0.25, -0.2) is 4.52 Å². The van der Waals surface area contributed by atoms with Crippen molar-refractivity contribution in [3.8, 4) is 0 Å². The maximum atomic E-state index is 12.7. The molecule has 1 aliphatic carbocycles. The molecule has 6 nitrogen and oxygen atoms in total. The average Bonchev–Trinajstić information content (AvgIpc) is 3.03. The van der Waals surface area contributed by atoms with E-state index >= 15 is 0 Å². The predicted molar refractivity (Wildman–Crippen MR) is 81.5 cm³/mol. The molecule has 2 aromatic rings. The average molecular weight is 300 g/mol. The fourth-order valence-electron chi connectivity index (χ4n) is 3.88. The lowest BCUT2D eigenvalue weighted by Gasteiger charge is -2.56. The molecule has 4 rings (SSSR count). The van der Waals surface area contributed by atoms with Crippen LogP contribution in [0.1, 0.15) is 29.6 Å². The van der Waals surface area contributed by atoms with E-state index in [2.05, 4.69) is 10.4 Å². The highest BCUT2D eigenvalue weighted by Gasteiger charge is 2.54. The maximum absolute atomic E-state index is 12.7. The first-order chi connectivity index (χ1) is 10.7. The van der Waals surface area contributed by atoms with Gasteiger partial charge in [-0.05, 0) is 37.5 Å². The topological polar surface area (TPSA) is 81.7 Å². The first-order valence-electron chi connectivity index (χ1n) is 7.77. The van der Waals surface area contributed by atoms with Crippen molar-refractivity contribution in [1.29, 1.82) is 0 Å². The number of nitrogens with two attached hydrogens (primary N) is 1. The maximum Gasteiger partial charge on any atom is 0.253 e. The molecule has 0 bridgehead atoms. The molecule has 1 spiro atoms. The van der Waals surface area contributed by atoms with E-state index in [1.54, 1.807) is 10.7 Å². The van der Waals surface area contributed by atoms with Crippen LogP contribution in [0.4, 0.5) is 0 Å². The molecule has 0 aromatic carbocycles. The first-order valence-corrected chi connectivity index (χ1v) is 7.77. The van der Waals surface area contributed by atoms with Crippen molar-refractivity contribution in [1.82, 2.24) is 14.9 Å². The van der Waals surface area contributed by atoms with E-state index in [4.69, 9.17) is 10.5 Å². The third-order valence-electron chi connectivity index (χ3n) is 5.33. The van der Waals surface area contributed by atoms with Crippen molar-refractivity contribution in [2.24, 2.45) is 11.1 Å². The first kappa shape index (κ1) is 13.7. The fourth-order valence-corrected chi connectivity index (χ4v) is 3.88. The third-order valence-corrected chi connectivity index (χ3v) is 5.33. The highest BCUT2D eigenvalue weighted by molar-refractivity contribution is 6.00. The van der Waals surface area contributed by atoms with Gasteiger partial charge in [-0.15, -0.1) is 0 Å². The highest BCUT2D eigenvalue weighted by Crippen LogP contribution is 2.47. The zero-order valence-corrected chi connectivity index (χ0v) is 12.4. The van der Waals surface area contributed by atoms with Gasteiger partial charge >= 0.3 is 0 Å². The summed E-state index contributed by atoms with van der Waals surface area (Å²) in [5.74, 6) is -0.0473. The Labute approximate surface area is 128 Å². The second kappa shape index (κ2) is 5.07. The molecular formula is C16H20N4O2. The quantitative estimate of drug-likeness (QED) is 0.865. The van der Waals surface area contributed by atoms with E-state index in [-0.39, 0.29) is 23.4 Å². The molecule has 3 N–H and O–H groups in total. The molecule has 2 fully saturated rings. The molecule has 1 amide bonds. The molecule has 1 aliphatic heterocycles. The van der Waals surface area contributed by atoms with E-state index in [0.717, 1.165) is 38.0 Å². The van der Waals surface area contributed by atoms with Crippen LogP contribution in [0, 0.1) is 5.41 Å². The summed E-state index contributed by atoms with van der Waals surface area (Å²) in [4.78, 5) is 12.7. The van der Waals surface area contributed by atoms with Gasteiger partial charge in [0.25, 0.3) is 5.91 Å². The van der Waals surface area contributed by atoms with Crippen molar-refractivity contribution in [2.75, 3.05) is 13.2 Å². The summed E-state index contributed by atoms with van der Waals surface area (Å²) >= 11 is 0. The van der Waals surface area contributed by atoms with Gasteiger partial charge in [0.15, 0.2) is 0 Å². The molecule has 1 saturated carbocycles. The van der Waals surface area contributed by atoms with Crippen LogP contribution in [-0.4, -0.2) is 40.8 Å². The molecule has 6 heteroatoms. The van der Waals surface area contributed by atoms with Gasteiger partial charge in [-0.1, -0.05) is 0 Å². The zero-order valence-electron chi connectivity index (χ0n) is 12.4. The van der Waals surface area contributed by atoms with Crippen molar-refractivity contribution in [3.05, 3.63) is 36.2 Å². The number of hydrogen-bond donors (Lipinski definition) is 2. The number of fused-ring (bicyclic) bond motifs is 1. The molecule has 2 atom stereocenters. The molecule has 2 aromatic heterocycles. The summed E-state index contributed by atoms with van der Waals surface area (Å²) in [5, 5.41) is 7.36. The van der Waals surface area contributed by atoms with Gasteiger partial charge in [0.05, 0.1) is 17.3 Å². The lowest BCUT2D eigenvalue weighted by molar-refractivity contribution is -0.0680. The SMILES string of the molecule is NC1CC(NC(=O)c2cccn3nccc23)C12CCOCC2. The van der Waals surface area contributed by atoms with Gasteiger partial charge in [-0.2, -0.15) is 5.10 Å². The number of hydrogen-bond acceptors (Lipinski definition) is 4. The van der Waals surface area contributed by atoms with Crippen LogP contribution < -0.4 is 11.1 Å². The number of nitrogens with zero attached hydrogens (tertiary/aromatic N) is 2. The molecular weight excluding hydrogens is 280 g/mol. The number of aromatic nitrogens is 2. The van der Waals surface area contributed by atoms with Crippen LogP contribution in [-0.2, 0) is 4.74 Å². The monoisotopic (exact) mass is 300 g/mol. The minimum atomic E-state index is -0.0473. The Morgan fingerprint density at radius 3 is 3.00 bits per heavy atom. The van der Waals surface area contributed by atoms with E-state index in [1.807, 2.05) is 24.4 Å². The molecule has 22 heavy (non-hydrogen) atoms. The standard InChI is InChI=1S/C16H20N4O2/c17-13-10-14(16(13)4-8-22-9-5-16)19-15(21)11-2-1-7-20-12(11)3-6-18-20/h1-3,6-7,13-14H,4-5,8-10,17H2,(H,19,21). The Hall–Kier alpha value is -1.92. The minimum Gasteiger partial charge on any atom is -0.381 e. The van der Waals surface area contributed by atoms with Crippen molar-refractivity contribution < 1.29 is 9.53 Å². The number of rotatable bonds is 2. The number of amides is 1. The Morgan fingerprint density at radius 2 is 2.23 bits per heavy atom. The summed E-state index contributed by atoms with van der Waals surface area (Å²) in [6.45, 7) is 1.47. The van der Waals surface area contributed by atoms with E-state index in [9.17, 15) is 4.79 Å². The van der Waals surface area contributed by atoms with E-state index in [0.29, 0.717) is 5.56 Å². The van der Waals surface area contributed by atoms with Crippen LogP contribution >= 0.6 is 0 Å². The molecule has 0 radical (unpaired) electrons. The summed E-state index contributed by atoms with van der Waals surface area (Å²) in [6, 6.07) is 5.83. The second-order valence-electron chi connectivity index (χ2n) is 6.30. The molecule has 3 heterocycles. The number of carbonyl (C=O) groups excluding carboxylic acids is 1. The van der Waals surface area contributed by atoms with Gasteiger partial charge in [-0.3, -0.25) is 4.79 Å². The fraction of sp³-hybridized carbons (Fsp3) is 0.500. The Kier molecular flexibility index (Phi) is 3.16. The Bertz CT molecular complexity index is 705. The van der Waals surface area contributed by atoms with Crippen LogP contribution in [0.2, 0.25) is 0 Å². The summed E-state index contributed by atoms with van der Waals surface area (Å²) in [5.41, 5.74) is 7.74.